The van der Waals surface area contributed by atoms with Crippen LogP contribution in [0.4, 0.5) is 0 Å². The minimum Gasteiger partial charge on any atom is -0.481 e. The molecule has 0 aromatic heterocycles. The van der Waals surface area contributed by atoms with Crippen molar-refractivity contribution in [3.63, 3.8) is 0 Å². The van der Waals surface area contributed by atoms with E-state index in [1.54, 1.807) is 13.0 Å². The van der Waals surface area contributed by atoms with E-state index < -0.39 is 11.4 Å². The summed E-state index contributed by atoms with van der Waals surface area (Å²) in [6, 6.07) is 7.39. The molecule has 0 aliphatic carbocycles. The van der Waals surface area contributed by atoms with Crippen molar-refractivity contribution in [1.29, 1.82) is 0 Å². The van der Waals surface area contributed by atoms with Crippen LogP contribution >= 0.6 is 22.6 Å². The largest absolute Gasteiger partial charge is 0.481 e. The van der Waals surface area contributed by atoms with E-state index in [0.717, 1.165) is 3.57 Å². The van der Waals surface area contributed by atoms with Gasteiger partial charge in [0.2, 0.25) is 0 Å². The zero-order valence-corrected chi connectivity index (χ0v) is 14.1. The molecule has 0 amide bonds. The molecule has 0 aliphatic rings. The summed E-state index contributed by atoms with van der Waals surface area (Å²) in [6.45, 7) is 4.30. The maximum absolute atomic E-state index is 11.6. The summed E-state index contributed by atoms with van der Waals surface area (Å²) in [6.07, 6.45) is 0. The standard InChI is InChI=1S/C14H18IN3O3/c1-10(7-17-18-16)8-21-9-14(2,13(19)20)11-4-3-5-12(15)6-11/h3-6,10H,7-9H2,1-2H3,(H,19,20). The van der Waals surface area contributed by atoms with E-state index in [2.05, 4.69) is 32.6 Å². The van der Waals surface area contributed by atoms with E-state index in [9.17, 15) is 9.90 Å². The Morgan fingerprint density at radius 2 is 2.33 bits per heavy atom. The lowest BCUT2D eigenvalue weighted by molar-refractivity contribution is -0.145. The highest BCUT2D eigenvalue weighted by atomic mass is 127. The summed E-state index contributed by atoms with van der Waals surface area (Å²) in [5, 5.41) is 13.0. The number of carboxylic acids is 1. The van der Waals surface area contributed by atoms with E-state index in [1.165, 1.54) is 0 Å². The van der Waals surface area contributed by atoms with Crippen molar-refractivity contribution in [2.24, 2.45) is 11.0 Å². The van der Waals surface area contributed by atoms with Crippen molar-refractivity contribution in [1.82, 2.24) is 0 Å². The van der Waals surface area contributed by atoms with Gasteiger partial charge in [-0.2, -0.15) is 0 Å². The molecule has 6 nitrogen and oxygen atoms in total. The molecule has 0 saturated carbocycles. The summed E-state index contributed by atoms with van der Waals surface area (Å²) in [5.74, 6) is -0.873. The van der Waals surface area contributed by atoms with Gasteiger partial charge in [0.25, 0.3) is 0 Å². The second-order valence-electron chi connectivity index (χ2n) is 5.18. The van der Waals surface area contributed by atoms with Gasteiger partial charge in [-0.15, -0.1) is 0 Å². The number of azide groups is 1. The molecule has 7 heteroatoms. The highest BCUT2D eigenvalue weighted by Crippen LogP contribution is 2.26. The number of benzene rings is 1. The molecule has 1 N–H and O–H groups in total. The zero-order chi connectivity index (χ0) is 15.9. The molecule has 1 rings (SSSR count). The van der Waals surface area contributed by atoms with Gasteiger partial charge in [0.15, 0.2) is 0 Å². The summed E-state index contributed by atoms with van der Waals surface area (Å²) in [5.41, 5.74) is 7.87. The zero-order valence-electron chi connectivity index (χ0n) is 12.0. The number of carbonyl (C=O) groups is 1. The van der Waals surface area contributed by atoms with E-state index in [1.807, 2.05) is 25.1 Å². The third-order valence-electron chi connectivity index (χ3n) is 3.18. The van der Waals surface area contributed by atoms with Gasteiger partial charge in [0.1, 0.15) is 5.41 Å². The van der Waals surface area contributed by atoms with Gasteiger partial charge in [-0.1, -0.05) is 24.2 Å². The molecule has 0 heterocycles. The molecule has 0 spiro atoms. The van der Waals surface area contributed by atoms with Gasteiger partial charge in [-0.05, 0) is 58.7 Å². The number of rotatable bonds is 8. The van der Waals surface area contributed by atoms with Gasteiger partial charge in [-0.3, -0.25) is 4.79 Å². The van der Waals surface area contributed by atoms with Gasteiger partial charge < -0.3 is 9.84 Å². The first-order valence-corrected chi connectivity index (χ1v) is 7.56. The molecule has 114 valence electrons. The molecule has 0 radical (unpaired) electrons. The molecule has 0 aliphatic heterocycles. The van der Waals surface area contributed by atoms with Crippen LogP contribution in [0.15, 0.2) is 29.4 Å². The molecular formula is C14H18IN3O3. The summed E-state index contributed by atoms with van der Waals surface area (Å²) < 4.78 is 6.53. The van der Waals surface area contributed by atoms with Crippen LogP contribution in [0.5, 0.6) is 0 Å². The van der Waals surface area contributed by atoms with Gasteiger partial charge in [-0.25, -0.2) is 0 Å². The van der Waals surface area contributed by atoms with Crippen LogP contribution < -0.4 is 0 Å². The fraction of sp³-hybridized carbons (Fsp3) is 0.500. The van der Waals surface area contributed by atoms with Crippen LogP contribution in [0.2, 0.25) is 0 Å². The van der Waals surface area contributed by atoms with E-state index in [4.69, 9.17) is 10.3 Å². The molecule has 0 saturated heterocycles. The van der Waals surface area contributed by atoms with Crippen molar-refractivity contribution in [3.05, 3.63) is 43.8 Å². The van der Waals surface area contributed by atoms with Crippen molar-refractivity contribution >= 4 is 28.6 Å². The van der Waals surface area contributed by atoms with Crippen LogP contribution in [0, 0.1) is 9.49 Å². The Kier molecular flexibility index (Phi) is 6.94. The minimum atomic E-state index is -1.10. The highest BCUT2D eigenvalue weighted by molar-refractivity contribution is 14.1. The Hall–Kier alpha value is -1.31. The minimum absolute atomic E-state index is 0.0508. The smallest absolute Gasteiger partial charge is 0.316 e. The third-order valence-corrected chi connectivity index (χ3v) is 3.85. The van der Waals surface area contributed by atoms with Crippen LogP contribution in [0.3, 0.4) is 0 Å². The quantitative estimate of drug-likeness (QED) is 0.311. The fourth-order valence-corrected chi connectivity index (χ4v) is 2.34. The normalized spacial score (nSPS) is 14.8. The average molecular weight is 403 g/mol. The lowest BCUT2D eigenvalue weighted by atomic mass is 9.83. The fourth-order valence-electron chi connectivity index (χ4n) is 1.79. The number of halogens is 1. The van der Waals surface area contributed by atoms with E-state index in [0.29, 0.717) is 18.7 Å². The van der Waals surface area contributed by atoms with E-state index >= 15 is 0 Å². The van der Waals surface area contributed by atoms with Crippen molar-refractivity contribution in [2.75, 3.05) is 19.8 Å². The number of ether oxygens (including phenoxy) is 1. The molecule has 1 aromatic rings. The maximum Gasteiger partial charge on any atom is 0.316 e. The first kappa shape index (κ1) is 17.7. The van der Waals surface area contributed by atoms with Crippen molar-refractivity contribution in [3.8, 4) is 0 Å². The molecular weight excluding hydrogens is 385 g/mol. The number of aliphatic carboxylic acids is 1. The molecule has 0 fully saturated rings. The lowest BCUT2D eigenvalue weighted by Gasteiger charge is -2.26. The molecule has 2 atom stereocenters. The van der Waals surface area contributed by atoms with Crippen LogP contribution in [-0.2, 0) is 14.9 Å². The number of hydrogen-bond acceptors (Lipinski definition) is 3. The topological polar surface area (TPSA) is 95.3 Å². The predicted molar refractivity (Wildman–Crippen MR) is 88.1 cm³/mol. The predicted octanol–water partition coefficient (Wildman–Crippen LogP) is 3.60. The maximum atomic E-state index is 11.6. The van der Waals surface area contributed by atoms with Crippen LogP contribution in [0.25, 0.3) is 10.4 Å². The number of carboxylic acid groups (broad SMARTS) is 1. The van der Waals surface area contributed by atoms with Gasteiger partial charge in [0, 0.05) is 21.6 Å². The number of nitrogens with zero attached hydrogens (tertiary/aromatic N) is 3. The Labute approximate surface area is 137 Å². The Balaban J connectivity index is 2.74. The molecule has 0 bridgehead atoms. The summed E-state index contributed by atoms with van der Waals surface area (Å²) in [7, 11) is 0. The third kappa shape index (κ3) is 5.18. The van der Waals surface area contributed by atoms with Crippen molar-refractivity contribution in [2.45, 2.75) is 19.3 Å². The molecule has 21 heavy (non-hydrogen) atoms. The Morgan fingerprint density at radius 3 is 2.90 bits per heavy atom. The lowest BCUT2D eigenvalue weighted by Crippen LogP contribution is -2.38. The SMILES string of the molecule is CC(CN=[N+]=[N-])COCC(C)(C(=O)O)c1cccc(I)c1. The Morgan fingerprint density at radius 1 is 1.62 bits per heavy atom. The highest BCUT2D eigenvalue weighted by Gasteiger charge is 2.35. The second-order valence-corrected chi connectivity index (χ2v) is 6.43. The first-order valence-electron chi connectivity index (χ1n) is 6.48. The average Bonchev–Trinajstić information content (AvgIpc) is 2.44. The number of hydrogen-bond donors (Lipinski definition) is 1. The summed E-state index contributed by atoms with van der Waals surface area (Å²) in [4.78, 5) is 14.3. The summed E-state index contributed by atoms with van der Waals surface area (Å²) >= 11 is 2.15. The van der Waals surface area contributed by atoms with Crippen LogP contribution in [-0.4, -0.2) is 30.8 Å². The Bertz CT molecular complexity index is 546. The molecule has 2 unspecified atom stereocenters. The van der Waals surface area contributed by atoms with Gasteiger partial charge >= 0.3 is 5.97 Å². The first-order chi connectivity index (χ1) is 9.90. The van der Waals surface area contributed by atoms with Crippen molar-refractivity contribution < 1.29 is 14.6 Å². The van der Waals surface area contributed by atoms with Crippen LogP contribution in [0.1, 0.15) is 19.4 Å². The molecule has 1 aromatic carbocycles. The monoisotopic (exact) mass is 403 g/mol. The second kappa shape index (κ2) is 8.21. The van der Waals surface area contributed by atoms with E-state index in [-0.39, 0.29) is 12.5 Å². The van der Waals surface area contributed by atoms with Gasteiger partial charge in [0.05, 0.1) is 6.61 Å².